The van der Waals surface area contributed by atoms with Crippen molar-refractivity contribution in [3.8, 4) is 0 Å². The van der Waals surface area contributed by atoms with Crippen molar-refractivity contribution in [2.75, 3.05) is 53.4 Å². The molecular formula is C22H42N6. The van der Waals surface area contributed by atoms with Crippen molar-refractivity contribution in [1.29, 1.82) is 0 Å². The highest BCUT2D eigenvalue weighted by molar-refractivity contribution is 5.80. The van der Waals surface area contributed by atoms with Crippen LogP contribution in [0.5, 0.6) is 0 Å². The van der Waals surface area contributed by atoms with Crippen LogP contribution in [0.15, 0.2) is 4.99 Å². The van der Waals surface area contributed by atoms with Crippen LogP contribution in [0.2, 0.25) is 0 Å². The van der Waals surface area contributed by atoms with E-state index in [4.69, 9.17) is 0 Å². The SMILES string of the molecule is CN=C(NCC1(N2CCCCC2)CCN(C)CC1)NC1CC(C)N(C2CC2)C1. The van der Waals surface area contributed by atoms with Gasteiger partial charge >= 0.3 is 0 Å². The highest BCUT2D eigenvalue weighted by Gasteiger charge is 2.41. The van der Waals surface area contributed by atoms with Gasteiger partial charge in [0.2, 0.25) is 0 Å². The molecule has 0 aromatic heterocycles. The number of nitrogens with one attached hydrogen (secondary N) is 2. The summed E-state index contributed by atoms with van der Waals surface area (Å²) in [4.78, 5) is 12.6. The summed E-state index contributed by atoms with van der Waals surface area (Å²) in [5.41, 5.74) is 0.299. The molecule has 0 bridgehead atoms. The Morgan fingerprint density at radius 2 is 1.79 bits per heavy atom. The fraction of sp³-hybridized carbons (Fsp3) is 0.955. The Morgan fingerprint density at radius 3 is 2.43 bits per heavy atom. The van der Waals surface area contributed by atoms with E-state index in [2.05, 4.69) is 44.3 Å². The molecule has 0 amide bonds. The van der Waals surface area contributed by atoms with Gasteiger partial charge in [0.15, 0.2) is 5.96 Å². The van der Waals surface area contributed by atoms with Crippen molar-refractivity contribution in [3.05, 3.63) is 0 Å². The summed E-state index contributed by atoms with van der Waals surface area (Å²) in [5, 5.41) is 7.50. The first-order valence-corrected chi connectivity index (χ1v) is 11.8. The molecule has 0 aromatic rings. The van der Waals surface area contributed by atoms with Crippen LogP contribution in [0.3, 0.4) is 0 Å². The third-order valence-corrected chi connectivity index (χ3v) is 7.73. The zero-order valence-electron chi connectivity index (χ0n) is 18.4. The molecule has 2 N–H and O–H groups in total. The number of hydrogen-bond acceptors (Lipinski definition) is 4. The van der Waals surface area contributed by atoms with Gasteiger partial charge in [-0.1, -0.05) is 6.42 Å². The van der Waals surface area contributed by atoms with Crippen LogP contribution in [0.4, 0.5) is 0 Å². The average Bonchev–Trinajstić information content (AvgIpc) is 3.50. The fourth-order valence-electron chi connectivity index (χ4n) is 5.72. The maximum Gasteiger partial charge on any atom is 0.191 e. The first-order valence-electron chi connectivity index (χ1n) is 11.8. The highest BCUT2D eigenvalue weighted by atomic mass is 15.3. The molecule has 2 unspecified atom stereocenters. The van der Waals surface area contributed by atoms with Crippen LogP contribution in [-0.2, 0) is 0 Å². The van der Waals surface area contributed by atoms with Crippen molar-refractivity contribution in [2.45, 2.75) is 82.0 Å². The third kappa shape index (κ3) is 4.65. The van der Waals surface area contributed by atoms with E-state index >= 15 is 0 Å². The van der Waals surface area contributed by atoms with Crippen LogP contribution in [0.25, 0.3) is 0 Å². The molecule has 28 heavy (non-hydrogen) atoms. The standard InChI is InChI=1S/C22H42N6/c1-18-15-19(16-28(18)20-7-8-20)25-21(23-2)24-17-22(9-13-26(3)14-10-22)27-11-5-4-6-12-27/h18-20H,4-17H2,1-3H3,(H2,23,24,25). The lowest BCUT2D eigenvalue weighted by Crippen LogP contribution is -2.62. The Hall–Kier alpha value is -0.850. The largest absolute Gasteiger partial charge is 0.355 e. The molecule has 0 radical (unpaired) electrons. The summed E-state index contributed by atoms with van der Waals surface area (Å²) in [5.74, 6) is 1.00. The molecule has 6 nitrogen and oxygen atoms in total. The van der Waals surface area contributed by atoms with Crippen molar-refractivity contribution in [3.63, 3.8) is 0 Å². The van der Waals surface area contributed by atoms with Crippen LogP contribution in [0, 0.1) is 0 Å². The van der Waals surface area contributed by atoms with Crippen LogP contribution in [-0.4, -0.2) is 97.7 Å². The Morgan fingerprint density at radius 1 is 1.07 bits per heavy atom. The maximum atomic E-state index is 4.58. The van der Waals surface area contributed by atoms with Crippen molar-refractivity contribution in [1.82, 2.24) is 25.3 Å². The second-order valence-electron chi connectivity index (χ2n) is 9.86. The first-order chi connectivity index (χ1) is 13.6. The number of likely N-dealkylation sites (tertiary alicyclic amines) is 3. The van der Waals surface area contributed by atoms with Gasteiger partial charge in [0.05, 0.1) is 0 Å². The maximum absolute atomic E-state index is 4.58. The molecular weight excluding hydrogens is 348 g/mol. The van der Waals surface area contributed by atoms with Crippen LogP contribution in [0.1, 0.15) is 58.3 Å². The molecule has 3 heterocycles. The molecule has 1 saturated carbocycles. The normalized spacial score (nSPS) is 33.2. The van der Waals surface area contributed by atoms with Crippen molar-refractivity contribution in [2.24, 2.45) is 4.99 Å². The molecule has 1 aliphatic carbocycles. The Bertz CT molecular complexity index is 531. The van der Waals surface area contributed by atoms with Crippen molar-refractivity contribution < 1.29 is 0 Å². The van der Waals surface area contributed by atoms with E-state index in [9.17, 15) is 0 Å². The Kier molecular flexibility index (Phi) is 6.48. The number of rotatable bonds is 5. The molecule has 3 aliphatic heterocycles. The number of guanidine groups is 1. The summed E-state index contributed by atoms with van der Waals surface area (Å²) in [6.45, 7) is 9.55. The molecule has 2 atom stereocenters. The Balaban J connectivity index is 1.34. The van der Waals surface area contributed by atoms with Crippen LogP contribution >= 0.6 is 0 Å². The van der Waals surface area contributed by atoms with E-state index in [1.807, 2.05) is 7.05 Å². The van der Waals surface area contributed by atoms with E-state index in [1.54, 1.807) is 0 Å². The lowest BCUT2D eigenvalue weighted by atomic mass is 9.84. The van der Waals surface area contributed by atoms with Gasteiger partial charge < -0.3 is 15.5 Å². The lowest BCUT2D eigenvalue weighted by Gasteiger charge is -2.50. The van der Waals surface area contributed by atoms with E-state index < -0.39 is 0 Å². The first kappa shape index (κ1) is 20.4. The minimum Gasteiger partial charge on any atom is -0.355 e. The quantitative estimate of drug-likeness (QED) is 0.553. The third-order valence-electron chi connectivity index (χ3n) is 7.73. The average molecular weight is 391 g/mol. The molecule has 0 aromatic carbocycles. The minimum absolute atomic E-state index is 0.299. The summed E-state index contributed by atoms with van der Waals surface area (Å²) in [6.07, 6.45) is 10.7. The summed E-state index contributed by atoms with van der Waals surface area (Å²) >= 11 is 0. The molecule has 6 heteroatoms. The monoisotopic (exact) mass is 390 g/mol. The second kappa shape index (κ2) is 8.88. The van der Waals surface area contributed by atoms with E-state index in [-0.39, 0.29) is 0 Å². The number of aliphatic imine (C=N–C) groups is 1. The van der Waals surface area contributed by atoms with Gasteiger partial charge in [0.1, 0.15) is 0 Å². The van der Waals surface area contributed by atoms with Gasteiger partial charge in [-0.15, -0.1) is 0 Å². The molecule has 4 aliphatic rings. The predicted molar refractivity (Wildman–Crippen MR) is 117 cm³/mol. The fourth-order valence-corrected chi connectivity index (χ4v) is 5.72. The minimum atomic E-state index is 0.299. The van der Waals surface area contributed by atoms with Gasteiger partial charge in [0.25, 0.3) is 0 Å². The lowest BCUT2D eigenvalue weighted by molar-refractivity contribution is 0.0173. The smallest absolute Gasteiger partial charge is 0.191 e. The van der Waals surface area contributed by atoms with Crippen LogP contribution < -0.4 is 10.6 Å². The van der Waals surface area contributed by atoms with Crippen molar-refractivity contribution >= 4 is 5.96 Å². The molecule has 4 fully saturated rings. The summed E-state index contributed by atoms with van der Waals surface area (Å²) in [7, 11) is 4.19. The molecule has 3 saturated heterocycles. The van der Waals surface area contributed by atoms with E-state index in [0.717, 1.165) is 18.5 Å². The van der Waals surface area contributed by atoms with E-state index in [0.29, 0.717) is 17.6 Å². The van der Waals surface area contributed by atoms with Gasteiger partial charge in [-0.05, 0) is 85.1 Å². The van der Waals surface area contributed by atoms with Gasteiger partial charge in [-0.2, -0.15) is 0 Å². The molecule has 160 valence electrons. The number of hydrogen-bond donors (Lipinski definition) is 2. The van der Waals surface area contributed by atoms with Gasteiger partial charge in [-0.3, -0.25) is 14.8 Å². The Labute approximate surface area is 172 Å². The zero-order chi connectivity index (χ0) is 19.6. The molecule has 4 rings (SSSR count). The summed E-state index contributed by atoms with van der Waals surface area (Å²) in [6, 6.07) is 2.10. The van der Waals surface area contributed by atoms with Gasteiger partial charge in [-0.25, -0.2) is 0 Å². The topological polar surface area (TPSA) is 46.1 Å². The highest BCUT2D eigenvalue weighted by Crippen LogP contribution is 2.33. The predicted octanol–water partition coefficient (Wildman–Crippen LogP) is 1.73. The second-order valence-corrected chi connectivity index (χ2v) is 9.86. The number of piperidine rings is 2. The van der Waals surface area contributed by atoms with E-state index in [1.165, 1.54) is 84.1 Å². The zero-order valence-corrected chi connectivity index (χ0v) is 18.4. The molecule has 0 spiro atoms. The number of nitrogens with zero attached hydrogens (tertiary/aromatic N) is 4. The van der Waals surface area contributed by atoms with Gasteiger partial charge in [0, 0.05) is 43.8 Å². The summed E-state index contributed by atoms with van der Waals surface area (Å²) < 4.78 is 0.